The van der Waals surface area contributed by atoms with Crippen LogP contribution in [0.25, 0.3) is 11.1 Å². The Bertz CT molecular complexity index is 1020. The highest BCUT2D eigenvalue weighted by atomic mass is 16.5. The Kier molecular flexibility index (Phi) is 7.04. The molecule has 2 amide bonds. The Morgan fingerprint density at radius 1 is 1.00 bits per heavy atom. The summed E-state index contributed by atoms with van der Waals surface area (Å²) in [6.45, 7) is 0.612. The van der Waals surface area contributed by atoms with Gasteiger partial charge in [-0.15, -0.1) is 0 Å². The summed E-state index contributed by atoms with van der Waals surface area (Å²) in [7, 11) is 0. The van der Waals surface area contributed by atoms with E-state index in [4.69, 9.17) is 14.6 Å². The van der Waals surface area contributed by atoms with Crippen molar-refractivity contribution in [3.8, 4) is 11.1 Å². The minimum absolute atomic E-state index is 0.0111. The molecule has 1 aliphatic heterocycles. The number of hydrogen-bond acceptors (Lipinski definition) is 5. The molecule has 1 fully saturated rings. The molecule has 1 heterocycles. The molecular formula is C25H26N2O6. The van der Waals surface area contributed by atoms with Crippen molar-refractivity contribution in [2.75, 3.05) is 19.7 Å². The van der Waals surface area contributed by atoms with Crippen molar-refractivity contribution in [2.45, 2.75) is 31.0 Å². The van der Waals surface area contributed by atoms with Crippen molar-refractivity contribution in [3.05, 3.63) is 71.8 Å². The van der Waals surface area contributed by atoms with Crippen LogP contribution < -0.4 is 10.6 Å². The molecule has 172 valence electrons. The lowest BCUT2D eigenvalue weighted by atomic mass is 9.98. The molecule has 1 aliphatic carbocycles. The van der Waals surface area contributed by atoms with Crippen molar-refractivity contribution in [3.63, 3.8) is 0 Å². The fourth-order valence-corrected chi connectivity index (χ4v) is 4.27. The lowest BCUT2D eigenvalue weighted by Gasteiger charge is -2.14. The Hall–Kier alpha value is -3.65. The molecule has 3 N–H and O–H groups in total. The van der Waals surface area contributed by atoms with Gasteiger partial charge in [-0.1, -0.05) is 54.6 Å². The zero-order chi connectivity index (χ0) is 23.2. The Labute approximate surface area is 191 Å². The summed E-state index contributed by atoms with van der Waals surface area (Å²) >= 11 is 0. The van der Waals surface area contributed by atoms with Gasteiger partial charge < -0.3 is 25.2 Å². The molecule has 33 heavy (non-hydrogen) atoms. The standard InChI is InChI=1S/C25H26N2O6/c28-23(27-14-16-11-12-22(33-16)24(29)30)10-5-13-26-25(31)32-15-21-19-8-3-1-6-17(19)18-7-2-4-9-20(18)21/h1-10,16,21-22H,11-15H2,(H,26,31)(H,27,28)(H,29,30)/b10-5+. The summed E-state index contributed by atoms with van der Waals surface area (Å²) in [5.74, 6) is -1.34. The normalized spacial score (nSPS) is 19.2. The number of carboxylic acid groups (broad SMARTS) is 1. The Balaban J connectivity index is 1.18. The van der Waals surface area contributed by atoms with Crippen molar-refractivity contribution < 1.29 is 29.0 Å². The van der Waals surface area contributed by atoms with Crippen molar-refractivity contribution in [1.29, 1.82) is 0 Å². The zero-order valence-corrected chi connectivity index (χ0v) is 18.0. The molecule has 2 unspecified atom stereocenters. The number of carbonyl (C=O) groups is 3. The number of ether oxygens (including phenoxy) is 2. The Morgan fingerprint density at radius 3 is 2.30 bits per heavy atom. The van der Waals surface area contributed by atoms with E-state index in [9.17, 15) is 14.4 Å². The van der Waals surface area contributed by atoms with E-state index in [1.165, 1.54) is 12.2 Å². The topological polar surface area (TPSA) is 114 Å². The predicted molar refractivity (Wildman–Crippen MR) is 121 cm³/mol. The smallest absolute Gasteiger partial charge is 0.407 e. The van der Waals surface area contributed by atoms with Crippen LogP contribution in [0.1, 0.15) is 29.9 Å². The molecule has 0 saturated carbocycles. The number of carbonyl (C=O) groups excluding carboxylic acids is 2. The van der Waals surface area contributed by atoms with Gasteiger partial charge in [0, 0.05) is 25.1 Å². The third-order valence-electron chi connectivity index (χ3n) is 5.86. The maximum Gasteiger partial charge on any atom is 0.407 e. The number of rotatable bonds is 8. The summed E-state index contributed by atoms with van der Waals surface area (Å²) in [4.78, 5) is 34.9. The molecule has 0 radical (unpaired) electrons. The maximum absolute atomic E-state index is 12.1. The maximum atomic E-state index is 12.1. The van der Waals surface area contributed by atoms with Crippen LogP contribution in [-0.2, 0) is 19.1 Å². The van der Waals surface area contributed by atoms with Crippen LogP contribution in [0.15, 0.2) is 60.7 Å². The van der Waals surface area contributed by atoms with Gasteiger partial charge in [0.25, 0.3) is 0 Å². The fraction of sp³-hybridized carbons (Fsp3) is 0.320. The van der Waals surface area contributed by atoms with Crippen LogP contribution in [0, 0.1) is 0 Å². The number of fused-ring (bicyclic) bond motifs is 3. The second-order valence-electron chi connectivity index (χ2n) is 8.02. The van der Waals surface area contributed by atoms with Crippen LogP contribution in [0.3, 0.4) is 0 Å². The second kappa shape index (κ2) is 10.3. The summed E-state index contributed by atoms with van der Waals surface area (Å²) in [5.41, 5.74) is 4.61. The van der Waals surface area contributed by atoms with E-state index in [0.717, 1.165) is 22.3 Å². The lowest BCUT2D eigenvalue weighted by Crippen LogP contribution is -2.32. The van der Waals surface area contributed by atoms with Crippen LogP contribution >= 0.6 is 0 Å². The third kappa shape index (κ3) is 5.40. The number of aliphatic carboxylic acids is 1. The van der Waals surface area contributed by atoms with Gasteiger partial charge in [-0.25, -0.2) is 9.59 Å². The second-order valence-corrected chi connectivity index (χ2v) is 8.02. The molecule has 0 aromatic heterocycles. The zero-order valence-electron chi connectivity index (χ0n) is 18.0. The monoisotopic (exact) mass is 450 g/mol. The molecule has 4 rings (SSSR count). The first-order chi connectivity index (χ1) is 16.0. The van der Waals surface area contributed by atoms with Crippen molar-refractivity contribution in [1.82, 2.24) is 10.6 Å². The van der Waals surface area contributed by atoms with Crippen LogP contribution in [0.4, 0.5) is 4.79 Å². The Morgan fingerprint density at radius 2 is 1.67 bits per heavy atom. The molecule has 8 nitrogen and oxygen atoms in total. The van der Waals surface area contributed by atoms with Gasteiger partial charge in [-0.05, 0) is 35.1 Å². The highest BCUT2D eigenvalue weighted by Crippen LogP contribution is 2.44. The van der Waals surface area contributed by atoms with Crippen molar-refractivity contribution in [2.24, 2.45) is 0 Å². The van der Waals surface area contributed by atoms with E-state index >= 15 is 0 Å². The number of benzene rings is 2. The van der Waals surface area contributed by atoms with Crippen LogP contribution in [0.2, 0.25) is 0 Å². The summed E-state index contributed by atoms with van der Waals surface area (Å²) in [5, 5.41) is 14.2. The van der Waals surface area contributed by atoms with Gasteiger partial charge in [0.1, 0.15) is 6.61 Å². The summed E-state index contributed by atoms with van der Waals surface area (Å²) in [6.07, 6.45) is 2.20. The van der Waals surface area contributed by atoms with E-state index in [1.807, 2.05) is 24.3 Å². The number of carboxylic acids is 1. The summed E-state index contributed by atoms with van der Waals surface area (Å²) < 4.78 is 10.8. The first-order valence-electron chi connectivity index (χ1n) is 10.9. The average Bonchev–Trinajstić information content (AvgIpc) is 3.42. The van der Waals surface area contributed by atoms with E-state index in [0.29, 0.717) is 12.8 Å². The molecule has 8 heteroatoms. The lowest BCUT2D eigenvalue weighted by molar-refractivity contribution is -0.149. The molecule has 2 aromatic carbocycles. The SMILES string of the molecule is O=C(/C=C/CNC(=O)OCC1c2ccccc2-c2ccccc21)NCC1CCC(C(=O)O)O1. The molecule has 2 aliphatic rings. The molecule has 2 atom stereocenters. The number of nitrogens with one attached hydrogen (secondary N) is 2. The van der Waals surface area contributed by atoms with Gasteiger partial charge in [0.2, 0.25) is 5.91 Å². The first kappa shape index (κ1) is 22.5. The summed E-state index contributed by atoms with van der Waals surface area (Å²) in [6, 6.07) is 16.2. The minimum Gasteiger partial charge on any atom is -0.479 e. The van der Waals surface area contributed by atoms with Gasteiger partial charge >= 0.3 is 12.1 Å². The van der Waals surface area contributed by atoms with E-state index < -0.39 is 18.2 Å². The van der Waals surface area contributed by atoms with E-state index in [-0.39, 0.29) is 37.6 Å². The third-order valence-corrected chi connectivity index (χ3v) is 5.86. The quantitative estimate of drug-likeness (QED) is 0.533. The predicted octanol–water partition coefficient (Wildman–Crippen LogP) is 2.83. The van der Waals surface area contributed by atoms with Gasteiger partial charge in [0.15, 0.2) is 6.10 Å². The van der Waals surface area contributed by atoms with Crippen molar-refractivity contribution >= 4 is 18.0 Å². The number of amides is 2. The van der Waals surface area contributed by atoms with Crippen LogP contribution in [0.5, 0.6) is 0 Å². The number of hydrogen-bond donors (Lipinski definition) is 3. The average molecular weight is 450 g/mol. The molecule has 2 aromatic rings. The van der Waals surface area contributed by atoms with Crippen LogP contribution in [-0.4, -0.2) is 55.0 Å². The molecular weight excluding hydrogens is 424 g/mol. The minimum atomic E-state index is -0.983. The van der Waals surface area contributed by atoms with Gasteiger partial charge in [0.05, 0.1) is 6.10 Å². The highest BCUT2D eigenvalue weighted by molar-refractivity contribution is 5.87. The first-order valence-corrected chi connectivity index (χ1v) is 10.9. The van der Waals surface area contributed by atoms with Gasteiger partial charge in [-0.3, -0.25) is 4.79 Å². The van der Waals surface area contributed by atoms with E-state index in [1.54, 1.807) is 0 Å². The largest absolute Gasteiger partial charge is 0.479 e. The number of alkyl carbamates (subject to hydrolysis) is 1. The molecule has 0 bridgehead atoms. The fourth-order valence-electron chi connectivity index (χ4n) is 4.27. The van der Waals surface area contributed by atoms with E-state index in [2.05, 4.69) is 34.9 Å². The highest BCUT2D eigenvalue weighted by Gasteiger charge is 2.30. The van der Waals surface area contributed by atoms with Gasteiger partial charge in [-0.2, -0.15) is 0 Å². The molecule has 0 spiro atoms. The molecule has 1 saturated heterocycles.